The van der Waals surface area contributed by atoms with Crippen molar-refractivity contribution in [3.8, 4) is 0 Å². The molecule has 2 N–H and O–H groups in total. The van der Waals surface area contributed by atoms with Crippen LogP contribution >= 0.6 is 0 Å². The number of anilines is 1. The predicted molar refractivity (Wildman–Crippen MR) is 69.8 cm³/mol. The van der Waals surface area contributed by atoms with E-state index in [1.165, 1.54) is 16.9 Å². The number of hydrogen-bond donors (Lipinski definition) is 1. The van der Waals surface area contributed by atoms with E-state index >= 15 is 0 Å². The van der Waals surface area contributed by atoms with Crippen molar-refractivity contribution in [3.05, 3.63) is 24.2 Å². The zero-order chi connectivity index (χ0) is 14.8. The van der Waals surface area contributed by atoms with Crippen LogP contribution in [-0.4, -0.2) is 33.2 Å². The number of hydrogen-bond acceptors (Lipinski definition) is 4. The number of fused-ring (bicyclic) bond motifs is 1. The van der Waals surface area contributed by atoms with Gasteiger partial charge in [-0.05, 0) is 18.8 Å². The summed E-state index contributed by atoms with van der Waals surface area (Å²) in [6, 6.07) is 1.04. The maximum Gasteiger partial charge on any atom is 0.435 e. The van der Waals surface area contributed by atoms with Crippen LogP contribution in [0.4, 0.5) is 19.0 Å². The molecule has 0 bridgehead atoms. The largest absolute Gasteiger partial charge is 0.435 e. The first-order valence-corrected chi connectivity index (χ1v) is 6.82. The van der Waals surface area contributed by atoms with Crippen LogP contribution in [0.2, 0.25) is 0 Å². The molecule has 1 saturated heterocycles. The monoisotopic (exact) mass is 297 g/mol. The first kappa shape index (κ1) is 12.9. The third-order valence-electron chi connectivity index (χ3n) is 4.32. The molecular weight excluding hydrogens is 283 g/mol. The second-order valence-electron chi connectivity index (χ2n) is 5.97. The van der Waals surface area contributed by atoms with Crippen molar-refractivity contribution >= 4 is 11.3 Å². The quantitative estimate of drug-likeness (QED) is 0.916. The van der Waals surface area contributed by atoms with Crippen LogP contribution < -0.4 is 10.6 Å². The topological polar surface area (TPSA) is 59.5 Å². The predicted octanol–water partition coefficient (Wildman–Crippen LogP) is 1.68. The molecule has 5 nitrogen and oxygen atoms in total. The van der Waals surface area contributed by atoms with Crippen molar-refractivity contribution in [1.29, 1.82) is 0 Å². The Morgan fingerprint density at radius 2 is 2.00 bits per heavy atom. The number of nitrogens with two attached hydrogens (primary N) is 1. The molecule has 2 aromatic heterocycles. The van der Waals surface area contributed by atoms with Gasteiger partial charge in [-0.25, -0.2) is 9.50 Å². The second kappa shape index (κ2) is 3.88. The third kappa shape index (κ3) is 1.97. The molecule has 21 heavy (non-hydrogen) atoms. The van der Waals surface area contributed by atoms with Gasteiger partial charge in [0.05, 0.1) is 5.54 Å². The molecule has 0 aromatic carbocycles. The van der Waals surface area contributed by atoms with E-state index < -0.39 is 11.9 Å². The molecule has 0 unspecified atom stereocenters. The zero-order valence-corrected chi connectivity index (χ0v) is 11.1. The molecule has 1 saturated carbocycles. The lowest BCUT2D eigenvalue weighted by Gasteiger charge is -2.49. The van der Waals surface area contributed by atoms with Crippen LogP contribution in [0, 0.1) is 5.92 Å². The summed E-state index contributed by atoms with van der Waals surface area (Å²) in [4.78, 5) is 6.14. The maximum absolute atomic E-state index is 12.8. The van der Waals surface area contributed by atoms with E-state index in [0.717, 1.165) is 18.9 Å². The normalized spacial score (nSPS) is 21.6. The highest BCUT2D eigenvalue weighted by atomic mass is 19.4. The van der Waals surface area contributed by atoms with Gasteiger partial charge in [-0.15, -0.1) is 0 Å². The van der Waals surface area contributed by atoms with Crippen LogP contribution in [0.3, 0.4) is 0 Å². The van der Waals surface area contributed by atoms with E-state index in [4.69, 9.17) is 5.73 Å². The van der Waals surface area contributed by atoms with Gasteiger partial charge in [-0.1, -0.05) is 0 Å². The van der Waals surface area contributed by atoms with E-state index in [-0.39, 0.29) is 5.54 Å². The number of alkyl halides is 3. The highest BCUT2D eigenvalue weighted by Gasteiger charge is 2.51. The molecular formula is C13H14F3N5. The molecule has 2 aromatic rings. The smallest absolute Gasteiger partial charge is 0.351 e. The van der Waals surface area contributed by atoms with Crippen LogP contribution in [0.15, 0.2) is 18.5 Å². The van der Waals surface area contributed by atoms with Gasteiger partial charge in [0.2, 0.25) is 0 Å². The Hall–Kier alpha value is -1.83. The highest BCUT2D eigenvalue weighted by molar-refractivity contribution is 5.71. The molecule has 2 aliphatic rings. The summed E-state index contributed by atoms with van der Waals surface area (Å²) in [7, 11) is 0. The lowest BCUT2D eigenvalue weighted by molar-refractivity contribution is -0.141. The van der Waals surface area contributed by atoms with Gasteiger partial charge in [0.15, 0.2) is 11.5 Å². The lowest BCUT2D eigenvalue weighted by atomic mass is 9.86. The average Bonchev–Trinajstić information content (AvgIpc) is 3.12. The first-order valence-electron chi connectivity index (χ1n) is 6.82. The molecule has 1 aliphatic carbocycles. The van der Waals surface area contributed by atoms with E-state index in [2.05, 4.69) is 10.1 Å². The Morgan fingerprint density at radius 1 is 1.29 bits per heavy atom. The molecule has 2 fully saturated rings. The fourth-order valence-electron chi connectivity index (χ4n) is 3.02. The minimum atomic E-state index is -4.45. The third-order valence-corrected chi connectivity index (χ3v) is 4.32. The summed E-state index contributed by atoms with van der Waals surface area (Å²) in [6.45, 7) is 1.27. The van der Waals surface area contributed by atoms with Crippen molar-refractivity contribution in [2.24, 2.45) is 11.7 Å². The van der Waals surface area contributed by atoms with Crippen LogP contribution in [0.25, 0.3) is 5.52 Å². The Bertz CT molecular complexity index is 697. The SMILES string of the molecule is NC1(C2CC2)CN(c2nccn3nc(C(F)(F)F)cc23)C1. The molecule has 0 atom stereocenters. The maximum atomic E-state index is 12.8. The molecule has 0 amide bonds. The van der Waals surface area contributed by atoms with Crippen LogP contribution in [0.5, 0.6) is 0 Å². The van der Waals surface area contributed by atoms with Gasteiger partial charge in [0.1, 0.15) is 5.52 Å². The molecule has 8 heteroatoms. The Morgan fingerprint density at radius 3 is 2.62 bits per heavy atom. The Kier molecular flexibility index (Phi) is 2.38. The fourth-order valence-corrected chi connectivity index (χ4v) is 3.02. The van der Waals surface area contributed by atoms with Crippen LogP contribution in [0.1, 0.15) is 18.5 Å². The molecule has 0 spiro atoms. The Balaban J connectivity index is 1.68. The summed E-state index contributed by atoms with van der Waals surface area (Å²) < 4.78 is 39.5. The standard InChI is InChI=1S/C13H14F3N5/c14-13(15,16)10-5-9-11(18-3-4-21(9)19-10)20-6-12(17,7-20)8-1-2-8/h3-5,8H,1-2,6-7,17H2. The molecule has 3 heterocycles. The molecule has 1 aliphatic heterocycles. The first-order chi connectivity index (χ1) is 9.87. The average molecular weight is 297 g/mol. The van der Waals surface area contributed by atoms with Crippen molar-refractivity contribution < 1.29 is 13.2 Å². The number of rotatable bonds is 2. The molecule has 4 rings (SSSR count). The van der Waals surface area contributed by atoms with E-state index in [0.29, 0.717) is 30.3 Å². The summed E-state index contributed by atoms with van der Waals surface area (Å²) in [5.41, 5.74) is 5.53. The molecule has 0 radical (unpaired) electrons. The lowest BCUT2D eigenvalue weighted by Crippen LogP contribution is -2.69. The second-order valence-corrected chi connectivity index (χ2v) is 5.97. The van der Waals surface area contributed by atoms with Crippen LogP contribution in [-0.2, 0) is 6.18 Å². The van der Waals surface area contributed by atoms with E-state index in [1.807, 2.05) is 4.90 Å². The fraction of sp³-hybridized carbons (Fsp3) is 0.538. The van der Waals surface area contributed by atoms with Gasteiger partial charge in [0.25, 0.3) is 0 Å². The minimum Gasteiger partial charge on any atom is -0.351 e. The van der Waals surface area contributed by atoms with E-state index in [1.54, 1.807) is 0 Å². The summed E-state index contributed by atoms with van der Waals surface area (Å²) >= 11 is 0. The van der Waals surface area contributed by atoms with Crippen molar-refractivity contribution in [1.82, 2.24) is 14.6 Å². The highest BCUT2D eigenvalue weighted by Crippen LogP contribution is 2.44. The van der Waals surface area contributed by atoms with Gasteiger partial charge in [0, 0.05) is 31.5 Å². The minimum absolute atomic E-state index is 0.207. The summed E-state index contributed by atoms with van der Waals surface area (Å²) in [5.74, 6) is 1.06. The van der Waals surface area contributed by atoms with E-state index in [9.17, 15) is 13.2 Å². The van der Waals surface area contributed by atoms with Gasteiger partial charge >= 0.3 is 6.18 Å². The Labute approximate surface area is 118 Å². The zero-order valence-electron chi connectivity index (χ0n) is 11.1. The van der Waals surface area contributed by atoms with Gasteiger partial charge in [-0.3, -0.25) is 0 Å². The van der Waals surface area contributed by atoms with Crippen molar-refractivity contribution in [2.45, 2.75) is 24.6 Å². The summed E-state index contributed by atoms with van der Waals surface area (Å²) in [5, 5.41) is 3.56. The number of aromatic nitrogens is 3. The molecule has 112 valence electrons. The van der Waals surface area contributed by atoms with Gasteiger partial charge in [-0.2, -0.15) is 18.3 Å². The van der Waals surface area contributed by atoms with Crippen molar-refractivity contribution in [3.63, 3.8) is 0 Å². The summed E-state index contributed by atoms with van der Waals surface area (Å²) in [6.07, 6.45) is 0.719. The van der Waals surface area contributed by atoms with Gasteiger partial charge < -0.3 is 10.6 Å². The number of nitrogens with zero attached hydrogens (tertiary/aromatic N) is 4. The number of halogens is 3. The van der Waals surface area contributed by atoms with Crippen molar-refractivity contribution in [2.75, 3.05) is 18.0 Å².